The van der Waals surface area contributed by atoms with Gasteiger partial charge in [0.25, 0.3) is 0 Å². The number of hydrogen-bond acceptors (Lipinski definition) is 6. The molecule has 34 heavy (non-hydrogen) atoms. The Morgan fingerprint density at radius 1 is 1.09 bits per heavy atom. The molecule has 1 aliphatic rings. The van der Waals surface area contributed by atoms with Crippen LogP contribution in [0.4, 0.5) is 5.82 Å². The first kappa shape index (κ1) is 22.3. The first-order valence-electron chi connectivity index (χ1n) is 11.3. The molecule has 1 unspecified atom stereocenters. The Balaban J connectivity index is 1.47. The first-order chi connectivity index (χ1) is 16.6. The Morgan fingerprint density at radius 2 is 1.85 bits per heavy atom. The van der Waals surface area contributed by atoms with Crippen LogP contribution in [-0.2, 0) is 4.79 Å². The fraction of sp³-hybridized carbons (Fsp3) is 0.280. The van der Waals surface area contributed by atoms with Crippen LogP contribution < -0.4 is 10.5 Å². The zero-order valence-corrected chi connectivity index (χ0v) is 20.2. The lowest BCUT2D eigenvalue weighted by atomic mass is 10.1. The number of fused-ring (bicyclic) bond motifs is 1. The molecule has 0 spiro atoms. The molecule has 1 saturated heterocycles. The molecule has 8 nitrogen and oxygen atoms in total. The lowest BCUT2D eigenvalue weighted by Crippen LogP contribution is -2.41. The number of carbonyl (C=O) groups excluding carboxylic acids is 1. The van der Waals surface area contributed by atoms with Gasteiger partial charge < -0.3 is 15.4 Å². The highest BCUT2D eigenvalue weighted by molar-refractivity contribution is 9.09. The van der Waals surface area contributed by atoms with Crippen molar-refractivity contribution in [2.45, 2.75) is 25.3 Å². The van der Waals surface area contributed by atoms with Crippen molar-refractivity contribution in [3.8, 4) is 22.8 Å². The third-order valence-corrected chi connectivity index (χ3v) is 6.42. The predicted molar refractivity (Wildman–Crippen MR) is 135 cm³/mol. The van der Waals surface area contributed by atoms with E-state index in [4.69, 9.17) is 15.6 Å². The summed E-state index contributed by atoms with van der Waals surface area (Å²) < 4.78 is 7.84. The van der Waals surface area contributed by atoms with Crippen LogP contribution in [0.15, 0.2) is 60.9 Å². The summed E-state index contributed by atoms with van der Waals surface area (Å²) in [7, 11) is 0. The SMILES string of the molecule is Nc1ncnc2c1c(-c1ccc(Oc3ccccc3)cc1)nn2C1CCCN(C(=O)CCBr)C1. The minimum atomic E-state index is 0.0271. The van der Waals surface area contributed by atoms with Crippen LogP contribution in [-0.4, -0.2) is 49.0 Å². The molecule has 0 radical (unpaired) electrons. The number of ether oxygens (including phenoxy) is 1. The Morgan fingerprint density at radius 3 is 2.62 bits per heavy atom. The van der Waals surface area contributed by atoms with E-state index in [1.807, 2.05) is 64.2 Å². The molecule has 174 valence electrons. The third kappa shape index (κ3) is 4.48. The summed E-state index contributed by atoms with van der Waals surface area (Å²) >= 11 is 3.36. The predicted octanol–water partition coefficient (Wildman–Crippen LogP) is 4.82. The third-order valence-electron chi connectivity index (χ3n) is 6.03. The van der Waals surface area contributed by atoms with E-state index >= 15 is 0 Å². The van der Waals surface area contributed by atoms with Crippen molar-refractivity contribution < 1.29 is 9.53 Å². The highest BCUT2D eigenvalue weighted by atomic mass is 79.9. The molecular weight excluding hydrogens is 496 g/mol. The first-order valence-corrected chi connectivity index (χ1v) is 12.4. The highest BCUT2D eigenvalue weighted by Crippen LogP contribution is 2.35. The number of alkyl halides is 1. The van der Waals surface area contributed by atoms with Crippen molar-refractivity contribution in [3.05, 3.63) is 60.9 Å². The summed E-state index contributed by atoms with van der Waals surface area (Å²) in [5.74, 6) is 2.05. The number of nitrogens with zero attached hydrogens (tertiary/aromatic N) is 5. The van der Waals surface area contributed by atoms with Crippen molar-refractivity contribution in [1.29, 1.82) is 0 Å². The maximum Gasteiger partial charge on any atom is 0.223 e. The van der Waals surface area contributed by atoms with Gasteiger partial charge >= 0.3 is 0 Å². The molecule has 0 aliphatic carbocycles. The van der Waals surface area contributed by atoms with E-state index < -0.39 is 0 Å². The largest absolute Gasteiger partial charge is 0.457 e. The number of piperidine rings is 1. The van der Waals surface area contributed by atoms with Gasteiger partial charge in [-0.05, 0) is 49.2 Å². The normalized spacial score (nSPS) is 16.0. The highest BCUT2D eigenvalue weighted by Gasteiger charge is 2.28. The summed E-state index contributed by atoms with van der Waals surface area (Å²) in [6.07, 6.45) is 3.79. The number of rotatable bonds is 6. The molecule has 1 aliphatic heterocycles. The molecule has 1 fully saturated rings. The molecule has 9 heteroatoms. The van der Waals surface area contributed by atoms with E-state index in [-0.39, 0.29) is 11.9 Å². The summed E-state index contributed by atoms with van der Waals surface area (Å²) in [5.41, 5.74) is 8.59. The fourth-order valence-electron chi connectivity index (χ4n) is 4.38. The van der Waals surface area contributed by atoms with Crippen LogP contribution >= 0.6 is 15.9 Å². The molecule has 2 N–H and O–H groups in total. The van der Waals surface area contributed by atoms with Gasteiger partial charge in [0.05, 0.1) is 11.4 Å². The van der Waals surface area contributed by atoms with Gasteiger partial charge in [0.2, 0.25) is 5.91 Å². The van der Waals surface area contributed by atoms with Crippen LogP contribution in [0.2, 0.25) is 0 Å². The number of para-hydroxylation sites is 1. The number of nitrogens with two attached hydrogens (primary N) is 1. The molecular formula is C25H25BrN6O2. The molecule has 3 heterocycles. The van der Waals surface area contributed by atoms with Gasteiger partial charge in [0, 0.05) is 30.4 Å². The van der Waals surface area contributed by atoms with Crippen LogP contribution in [0.25, 0.3) is 22.3 Å². The lowest BCUT2D eigenvalue weighted by molar-refractivity contribution is -0.132. The number of aromatic nitrogens is 4. The average Bonchev–Trinajstić information content (AvgIpc) is 3.26. The second-order valence-electron chi connectivity index (χ2n) is 8.26. The van der Waals surface area contributed by atoms with Crippen LogP contribution in [0.3, 0.4) is 0 Å². The average molecular weight is 521 g/mol. The maximum absolute atomic E-state index is 12.5. The molecule has 0 saturated carbocycles. The summed E-state index contributed by atoms with van der Waals surface area (Å²) in [6, 6.07) is 17.4. The molecule has 1 amide bonds. The Bertz CT molecular complexity index is 1290. The van der Waals surface area contributed by atoms with E-state index in [1.54, 1.807) is 0 Å². The fourth-order valence-corrected chi connectivity index (χ4v) is 4.72. The van der Waals surface area contributed by atoms with Gasteiger partial charge in [-0.25, -0.2) is 14.6 Å². The Kier molecular flexibility index (Phi) is 6.44. The summed E-state index contributed by atoms with van der Waals surface area (Å²) in [6.45, 7) is 1.38. The number of nitrogen functional groups attached to an aromatic ring is 1. The number of likely N-dealkylation sites (tertiary alicyclic amines) is 1. The van der Waals surface area contributed by atoms with Crippen molar-refractivity contribution in [1.82, 2.24) is 24.6 Å². The number of hydrogen-bond donors (Lipinski definition) is 1. The zero-order valence-electron chi connectivity index (χ0n) is 18.6. The number of anilines is 1. The molecule has 2 aromatic carbocycles. The standard InChI is InChI=1S/C25H25BrN6O2/c26-13-12-21(33)31-14-4-5-18(15-31)32-25-22(24(27)28-16-29-25)23(30-32)17-8-10-20(11-9-17)34-19-6-2-1-3-7-19/h1-3,6-11,16,18H,4-5,12-15H2,(H2,27,28,29). The maximum atomic E-state index is 12.5. The number of benzene rings is 2. The van der Waals surface area contributed by atoms with Crippen molar-refractivity contribution in [2.75, 3.05) is 24.2 Å². The topological polar surface area (TPSA) is 99.2 Å². The smallest absolute Gasteiger partial charge is 0.223 e. The Labute approximate surface area is 205 Å². The Hall–Kier alpha value is -3.46. The van der Waals surface area contributed by atoms with E-state index in [0.29, 0.717) is 29.8 Å². The van der Waals surface area contributed by atoms with E-state index in [9.17, 15) is 4.79 Å². The van der Waals surface area contributed by atoms with Crippen molar-refractivity contribution in [2.24, 2.45) is 0 Å². The quantitative estimate of drug-likeness (QED) is 0.366. The van der Waals surface area contributed by atoms with Crippen LogP contribution in [0.1, 0.15) is 25.3 Å². The molecule has 1 atom stereocenters. The van der Waals surface area contributed by atoms with Gasteiger partial charge in [-0.2, -0.15) is 5.10 Å². The van der Waals surface area contributed by atoms with Gasteiger partial charge in [-0.1, -0.05) is 34.1 Å². The van der Waals surface area contributed by atoms with E-state index in [1.165, 1.54) is 6.33 Å². The second kappa shape index (κ2) is 9.80. The van der Waals surface area contributed by atoms with Gasteiger partial charge in [-0.15, -0.1) is 0 Å². The van der Waals surface area contributed by atoms with Crippen molar-refractivity contribution >= 4 is 38.7 Å². The van der Waals surface area contributed by atoms with E-state index in [2.05, 4.69) is 25.9 Å². The number of halogens is 1. The van der Waals surface area contributed by atoms with Gasteiger partial charge in [-0.3, -0.25) is 4.79 Å². The minimum Gasteiger partial charge on any atom is -0.457 e. The zero-order chi connectivity index (χ0) is 23.5. The van der Waals surface area contributed by atoms with E-state index in [0.717, 1.165) is 47.5 Å². The van der Waals surface area contributed by atoms with Crippen LogP contribution in [0, 0.1) is 0 Å². The molecule has 5 rings (SSSR count). The number of amides is 1. The monoisotopic (exact) mass is 520 g/mol. The lowest BCUT2D eigenvalue weighted by Gasteiger charge is -2.33. The number of carbonyl (C=O) groups is 1. The van der Waals surface area contributed by atoms with Gasteiger partial charge in [0.1, 0.15) is 29.3 Å². The molecule has 2 aromatic heterocycles. The van der Waals surface area contributed by atoms with Gasteiger partial charge in [0.15, 0.2) is 5.65 Å². The minimum absolute atomic E-state index is 0.0271. The van der Waals surface area contributed by atoms with Crippen molar-refractivity contribution in [3.63, 3.8) is 0 Å². The summed E-state index contributed by atoms with van der Waals surface area (Å²) in [5, 5.41) is 6.33. The van der Waals surface area contributed by atoms with Crippen LogP contribution in [0.5, 0.6) is 11.5 Å². The molecule has 0 bridgehead atoms. The second-order valence-corrected chi connectivity index (χ2v) is 9.06. The summed E-state index contributed by atoms with van der Waals surface area (Å²) in [4.78, 5) is 23.1. The molecule has 4 aromatic rings.